The lowest BCUT2D eigenvalue weighted by atomic mass is 10.2. The van der Waals surface area contributed by atoms with Crippen molar-refractivity contribution >= 4 is 17.2 Å². The molecule has 0 aliphatic rings. The standard InChI is InChI=1S/C18H16N4O4/c1-12-8-9-15(25-2)14(10-12)21-17-16(22(23)24)18(20-11-19-17)26-13-6-4-3-5-7-13/h3-11H,1-2H3,(H,19,20,21). The van der Waals surface area contributed by atoms with E-state index in [4.69, 9.17) is 9.47 Å². The van der Waals surface area contributed by atoms with Gasteiger partial charge in [0.25, 0.3) is 0 Å². The van der Waals surface area contributed by atoms with Crippen LogP contribution >= 0.6 is 0 Å². The Kier molecular flexibility index (Phi) is 4.93. The average molecular weight is 352 g/mol. The number of aromatic nitrogens is 2. The summed E-state index contributed by atoms with van der Waals surface area (Å²) >= 11 is 0. The van der Waals surface area contributed by atoms with E-state index in [0.717, 1.165) is 5.56 Å². The number of nitro groups is 1. The summed E-state index contributed by atoms with van der Waals surface area (Å²) in [6, 6.07) is 14.2. The third-order valence-corrected chi connectivity index (χ3v) is 3.54. The zero-order valence-corrected chi connectivity index (χ0v) is 14.2. The summed E-state index contributed by atoms with van der Waals surface area (Å²) < 4.78 is 10.9. The largest absolute Gasteiger partial charge is 0.495 e. The van der Waals surface area contributed by atoms with Crippen LogP contribution in [0.15, 0.2) is 54.9 Å². The van der Waals surface area contributed by atoms with Gasteiger partial charge in [0.2, 0.25) is 5.82 Å². The van der Waals surface area contributed by atoms with Gasteiger partial charge in [-0.05, 0) is 36.8 Å². The van der Waals surface area contributed by atoms with Crippen molar-refractivity contribution in [3.63, 3.8) is 0 Å². The first-order valence-electron chi connectivity index (χ1n) is 7.72. The highest BCUT2D eigenvalue weighted by molar-refractivity contribution is 5.72. The van der Waals surface area contributed by atoms with E-state index in [0.29, 0.717) is 17.2 Å². The molecule has 8 heteroatoms. The van der Waals surface area contributed by atoms with Gasteiger partial charge in [-0.1, -0.05) is 24.3 Å². The first-order chi connectivity index (χ1) is 12.6. The van der Waals surface area contributed by atoms with Crippen molar-refractivity contribution in [1.82, 2.24) is 9.97 Å². The number of methoxy groups -OCH3 is 1. The topological polar surface area (TPSA) is 99.4 Å². The molecule has 8 nitrogen and oxygen atoms in total. The van der Waals surface area contributed by atoms with Crippen LogP contribution in [0.25, 0.3) is 0 Å². The number of anilines is 2. The van der Waals surface area contributed by atoms with E-state index in [-0.39, 0.29) is 17.4 Å². The number of aryl methyl sites for hydroxylation is 1. The van der Waals surface area contributed by atoms with Crippen molar-refractivity contribution in [2.45, 2.75) is 6.92 Å². The molecule has 26 heavy (non-hydrogen) atoms. The van der Waals surface area contributed by atoms with Crippen molar-refractivity contribution in [3.05, 3.63) is 70.5 Å². The Bertz CT molecular complexity index is 932. The van der Waals surface area contributed by atoms with Crippen molar-refractivity contribution in [2.24, 2.45) is 0 Å². The first kappa shape index (κ1) is 17.2. The molecular weight excluding hydrogens is 336 g/mol. The molecule has 0 spiro atoms. The summed E-state index contributed by atoms with van der Waals surface area (Å²) in [6.07, 6.45) is 1.20. The highest BCUT2D eigenvalue weighted by Crippen LogP contribution is 2.37. The fraction of sp³-hybridized carbons (Fsp3) is 0.111. The van der Waals surface area contributed by atoms with Crippen molar-refractivity contribution in [2.75, 3.05) is 12.4 Å². The summed E-state index contributed by atoms with van der Waals surface area (Å²) in [7, 11) is 1.52. The van der Waals surface area contributed by atoms with E-state index in [2.05, 4.69) is 15.3 Å². The Labute approximate surface area is 149 Å². The molecule has 1 aromatic heterocycles. The molecule has 3 aromatic rings. The Morgan fingerprint density at radius 2 is 1.88 bits per heavy atom. The molecule has 0 bridgehead atoms. The number of para-hydroxylation sites is 1. The number of hydrogen-bond acceptors (Lipinski definition) is 7. The van der Waals surface area contributed by atoms with Gasteiger partial charge in [0.1, 0.15) is 17.8 Å². The third-order valence-electron chi connectivity index (χ3n) is 3.54. The van der Waals surface area contributed by atoms with Crippen molar-refractivity contribution in [3.8, 4) is 17.4 Å². The maximum absolute atomic E-state index is 11.6. The zero-order chi connectivity index (χ0) is 18.5. The lowest BCUT2D eigenvalue weighted by molar-refractivity contribution is -0.385. The molecule has 0 amide bonds. The molecule has 132 valence electrons. The zero-order valence-electron chi connectivity index (χ0n) is 14.2. The monoisotopic (exact) mass is 352 g/mol. The minimum atomic E-state index is -0.580. The smallest absolute Gasteiger partial charge is 0.373 e. The Balaban J connectivity index is 2.01. The van der Waals surface area contributed by atoms with Crippen LogP contribution in [-0.4, -0.2) is 22.0 Å². The maximum Gasteiger partial charge on any atom is 0.373 e. The van der Waals surface area contributed by atoms with Crippen LogP contribution in [0.4, 0.5) is 17.2 Å². The second-order valence-corrected chi connectivity index (χ2v) is 5.38. The number of benzene rings is 2. The summed E-state index contributed by atoms with van der Waals surface area (Å²) in [6.45, 7) is 1.91. The molecule has 0 fully saturated rings. The molecule has 0 atom stereocenters. The second kappa shape index (κ2) is 7.47. The lowest BCUT2D eigenvalue weighted by Gasteiger charge is -2.12. The van der Waals surface area contributed by atoms with Crippen LogP contribution in [0.2, 0.25) is 0 Å². The molecule has 0 saturated heterocycles. The number of ether oxygens (including phenoxy) is 2. The fourth-order valence-corrected chi connectivity index (χ4v) is 2.34. The Hall–Kier alpha value is -3.68. The van der Waals surface area contributed by atoms with Crippen LogP contribution < -0.4 is 14.8 Å². The highest BCUT2D eigenvalue weighted by atomic mass is 16.6. The van der Waals surface area contributed by atoms with Gasteiger partial charge >= 0.3 is 11.6 Å². The van der Waals surface area contributed by atoms with Crippen LogP contribution in [0.3, 0.4) is 0 Å². The molecule has 1 heterocycles. The first-order valence-corrected chi connectivity index (χ1v) is 7.72. The predicted molar refractivity (Wildman–Crippen MR) is 96.2 cm³/mol. The molecule has 3 rings (SSSR count). The van der Waals surface area contributed by atoms with Gasteiger partial charge in [0, 0.05) is 0 Å². The molecule has 0 saturated carbocycles. The summed E-state index contributed by atoms with van der Waals surface area (Å²) in [5, 5.41) is 14.6. The third kappa shape index (κ3) is 3.69. The number of hydrogen-bond donors (Lipinski definition) is 1. The number of rotatable bonds is 6. The van der Waals surface area contributed by atoms with Gasteiger partial charge < -0.3 is 14.8 Å². The van der Waals surface area contributed by atoms with Crippen LogP contribution in [0, 0.1) is 17.0 Å². The van der Waals surface area contributed by atoms with Gasteiger partial charge in [0.15, 0.2) is 0 Å². The van der Waals surface area contributed by atoms with E-state index in [1.807, 2.05) is 25.1 Å². The van der Waals surface area contributed by atoms with Crippen molar-refractivity contribution < 1.29 is 14.4 Å². The molecular formula is C18H16N4O4. The molecule has 0 unspecified atom stereocenters. The summed E-state index contributed by atoms with van der Waals surface area (Å²) in [5.74, 6) is 0.840. The minimum Gasteiger partial charge on any atom is -0.495 e. The summed E-state index contributed by atoms with van der Waals surface area (Å²) in [5.41, 5.74) is 1.16. The van der Waals surface area contributed by atoms with Gasteiger partial charge in [-0.3, -0.25) is 10.1 Å². The average Bonchev–Trinajstić information content (AvgIpc) is 2.63. The molecule has 0 aliphatic carbocycles. The SMILES string of the molecule is COc1ccc(C)cc1Nc1ncnc(Oc2ccccc2)c1[N+](=O)[O-]. The molecule has 0 radical (unpaired) electrons. The number of nitrogens with one attached hydrogen (secondary N) is 1. The summed E-state index contributed by atoms with van der Waals surface area (Å²) in [4.78, 5) is 19.0. The highest BCUT2D eigenvalue weighted by Gasteiger charge is 2.25. The number of nitrogens with zero attached hydrogens (tertiary/aromatic N) is 3. The quantitative estimate of drug-likeness (QED) is 0.523. The minimum absolute atomic E-state index is 0.0137. The van der Waals surface area contributed by atoms with Gasteiger partial charge in [0.05, 0.1) is 17.7 Å². The maximum atomic E-state index is 11.6. The van der Waals surface area contributed by atoms with E-state index < -0.39 is 4.92 Å². The van der Waals surface area contributed by atoms with E-state index in [1.54, 1.807) is 30.3 Å². The van der Waals surface area contributed by atoms with Crippen LogP contribution in [0.5, 0.6) is 17.4 Å². The van der Waals surface area contributed by atoms with E-state index in [1.165, 1.54) is 13.4 Å². The van der Waals surface area contributed by atoms with Gasteiger partial charge in [-0.15, -0.1) is 0 Å². The Morgan fingerprint density at radius 3 is 2.58 bits per heavy atom. The van der Waals surface area contributed by atoms with Crippen LogP contribution in [0.1, 0.15) is 5.56 Å². The second-order valence-electron chi connectivity index (χ2n) is 5.38. The van der Waals surface area contributed by atoms with Crippen molar-refractivity contribution in [1.29, 1.82) is 0 Å². The van der Waals surface area contributed by atoms with E-state index >= 15 is 0 Å². The van der Waals surface area contributed by atoms with E-state index in [9.17, 15) is 10.1 Å². The van der Waals surface area contributed by atoms with Gasteiger partial charge in [-0.25, -0.2) is 4.98 Å². The van der Waals surface area contributed by atoms with Crippen LogP contribution in [-0.2, 0) is 0 Å². The predicted octanol–water partition coefficient (Wildman–Crippen LogP) is 4.24. The molecule has 1 N–H and O–H groups in total. The Morgan fingerprint density at radius 1 is 1.12 bits per heavy atom. The normalized spacial score (nSPS) is 10.2. The molecule has 0 aliphatic heterocycles. The van der Waals surface area contributed by atoms with Gasteiger partial charge in [-0.2, -0.15) is 4.98 Å². The fourth-order valence-electron chi connectivity index (χ4n) is 2.34. The lowest BCUT2D eigenvalue weighted by Crippen LogP contribution is -2.04. The molecule has 2 aromatic carbocycles.